The number of hydrogen-bond acceptors (Lipinski definition) is 1. The van der Waals surface area contributed by atoms with Crippen molar-refractivity contribution in [1.82, 2.24) is 9.97 Å². The number of benzene rings is 2. The molecule has 0 aliphatic heterocycles. The molecule has 3 rings (SSSR count). The molecule has 1 atom stereocenters. The number of H-pyrrole nitrogens is 1. The van der Waals surface area contributed by atoms with Gasteiger partial charge in [0.1, 0.15) is 11.2 Å². The monoisotopic (exact) mass is 242 g/mol. The zero-order chi connectivity index (χ0) is 11.7. The van der Waals surface area contributed by atoms with Crippen molar-refractivity contribution >= 4 is 22.6 Å². The molecule has 0 unspecified atom stereocenters. The third-order valence-corrected chi connectivity index (χ3v) is 3.20. The van der Waals surface area contributed by atoms with Gasteiger partial charge in [0, 0.05) is 0 Å². The molecule has 84 valence electrons. The molecule has 2 nitrogen and oxygen atoms in total. The summed E-state index contributed by atoms with van der Waals surface area (Å²) in [7, 11) is 0. The molecular formula is C14H11ClN2. The van der Waals surface area contributed by atoms with Crippen molar-refractivity contribution in [2.75, 3.05) is 0 Å². The molecule has 0 radical (unpaired) electrons. The molecule has 1 heterocycles. The summed E-state index contributed by atoms with van der Waals surface area (Å²) < 4.78 is 0. The number of aromatic nitrogens is 2. The van der Waals surface area contributed by atoms with Crippen LogP contribution in [0.5, 0.6) is 0 Å². The lowest BCUT2D eigenvalue weighted by Gasteiger charge is -2.05. The van der Waals surface area contributed by atoms with E-state index in [1.54, 1.807) is 0 Å². The summed E-state index contributed by atoms with van der Waals surface area (Å²) in [5, 5.41) is -0.233. The Hall–Kier alpha value is -1.80. The maximum atomic E-state index is 6.41. The molecule has 0 saturated heterocycles. The highest BCUT2D eigenvalue weighted by atomic mass is 35.5. The summed E-state index contributed by atoms with van der Waals surface area (Å²) in [6.07, 6.45) is 0. The topological polar surface area (TPSA) is 28.7 Å². The van der Waals surface area contributed by atoms with E-state index in [9.17, 15) is 0 Å². The number of fused-ring (bicyclic) bond motifs is 1. The molecule has 0 fully saturated rings. The van der Waals surface area contributed by atoms with Crippen LogP contribution in [0.3, 0.4) is 0 Å². The van der Waals surface area contributed by atoms with Crippen molar-refractivity contribution in [3.05, 3.63) is 66.0 Å². The van der Waals surface area contributed by atoms with E-state index >= 15 is 0 Å². The van der Waals surface area contributed by atoms with Crippen molar-refractivity contribution in [3.63, 3.8) is 0 Å². The molecule has 0 aliphatic rings. The highest BCUT2D eigenvalue weighted by Gasteiger charge is 2.14. The van der Waals surface area contributed by atoms with Gasteiger partial charge in [-0.1, -0.05) is 42.5 Å². The molecular weight excluding hydrogens is 232 g/mol. The smallest absolute Gasteiger partial charge is 0.129 e. The lowest BCUT2D eigenvalue weighted by molar-refractivity contribution is 1.00. The largest absolute Gasteiger partial charge is 0.340 e. The Morgan fingerprint density at radius 2 is 1.65 bits per heavy atom. The summed E-state index contributed by atoms with van der Waals surface area (Å²) in [6.45, 7) is 0. The first-order valence-electron chi connectivity index (χ1n) is 5.48. The first-order valence-corrected chi connectivity index (χ1v) is 5.92. The van der Waals surface area contributed by atoms with Crippen LogP contribution < -0.4 is 0 Å². The van der Waals surface area contributed by atoms with E-state index in [2.05, 4.69) is 9.97 Å². The Balaban J connectivity index is 2.04. The normalized spacial score (nSPS) is 12.8. The van der Waals surface area contributed by atoms with E-state index in [0.717, 1.165) is 22.4 Å². The van der Waals surface area contributed by atoms with Gasteiger partial charge in [-0.05, 0) is 17.7 Å². The third kappa shape index (κ3) is 1.92. The quantitative estimate of drug-likeness (QED) is 0.679. The first kappa shape index (κ1) is 10.4. The second-order valence-corrected chi connectivity index (χ2v) is 4.35. The van der Waals surface area contributed by atoms with Gasteiger partial charge in [0.25, 0.3) is 0 Å². The van der Waals surface area contributed by atoms with Gasteiger partial charge in [-0.3, -0.25) is 0 Å². The maximum absolute atomic E-state index is 6.41. The second-order valence-electron chi connectivity index (χ2n) is 3.91. The number of halogens is 1. The van der Waals surface area contributed by atoms with Crippen molar-refractivity contribution in [2.45, 2.75) is 5.38 Å². The number of para-hydroxylation sites is 2. The van der Waals surface area contributed by atoms with Gasteiger partial charge >= 0.3 is 0 Å². The molecule has 1 N–H and O–H groups in total. The fourth-order valence-corrected chi connectivity index (χ4v) is 2.12. The van der Waals surface area contributed by atoms with E-state index in [-0.39, 0.29) is 5.38 Å². The Kier molecular flexibility index (Phi) is 2.57. The predicted octanol–water partition coefficient (Wildman–Crippen LogP) is 3.89. The van der Waals surface area contributed by atoms with Crippen LogP contribution in [0.15, 0.2) is 54.6 Å². The molecule has 0 saturated carbocycles. The lowest BCUT2D eigenvalue weighted by atomic mass is 10.1. The van der Waals surface area contributed by atoms with Crippen molar-refractivity contribution in [3.8, 4) is 0 Å². The number of imidazole rings is 1. The predicted molar refractivity (Wildman–Crippen MR) is 70.2 cm³/mol. The molecule has 3 heteroatoms. The average Bonchev–Trinajstić information content (AvgIpc) is 2.82. The van der Waals surface area contributed by atoms with Gasteiger partial charge < -0.3 is 4.98 Å². The zero-order valence-electron chi connectivity index (χ0n) is 9.10. The number of nitrogens with zero attached hydrogens (tertiary/aromatic N) is 1. The van der Waals surface area contributed by atoms with Crippen LogP contribution in [0.2, 0.25) is 0 Å². The minimum atomic E-state index is -0.233. The highest BCUT2D eigenvalue weighted by molar-refractivity contribution is 6.22. The molecule has 3 aromatic rings. The van der Waals surface area contributed by atoms with Gasteiger partial charge in [0.05, 0.1) is 11.0 Å². The highest BCUT2D eigenvalue weighted by Crippen LogP contribution is 2.27. The minimum absolute atomic E-state index is 0.233. The van der Waals surface area contributed by atoms with Crippen LogP contribution in [0.1, 0.15) is 16.8 Å². The molecule has 0 aliphatic carbocycles. The van der Waals surface area contributed by atoms with Crippen LogP contribution in [0.4, 0.5) is 0 Å². The Bertz CT molecular complexity index is 598. The Morgan fingerprint density at radius 1 is 0.941 bits per heavy atom. The van der Waals surface area contributed by atoms with E-state index in [1.807, 2.05) is 54.6 Å². The van der Waals surface area contributed by atoms with Crippen molar-refractivity contribution in [2.24, 2.45) is 0 Å². The van der Waals surface area contributed by atoms with Crippen molar-refractivity contribution in [1.29, 1.82) is 0 Å². The van der Waals surface area contributed by atoms with Crippen LogP contribution in [-0.2, 0) is 0 Å². The number of rotatable bonds is 2. The molecule has 0 amide bonds. The van der Waals surface area contributed by atoms with E-state index in [1.165, 1.54) is 0 Å². The SMILES string of the molecule is Cl[C@H](c1ccccc1)c1nc2ccccc2[nH]1. The fourth-order valence-electron chi connectivity index (χ4n) is 1.87. The standard InChI is InChI=1S/C14H11ClN2/c15-13(10-6-2-1-3-7-10)14-16-11-8-4-5-9-12(11)17-14/h1-9,13H,(H,16,17)/t13-/m1/s1. The van der Waals surface area contributed by atoms with Crippen LogP contribution in [0, 0.1) is 0 Å². The second kappa shape index (κ2) is 4.22. The number of alkyl halides is 1. The van der Waals surface area contributed by atoms with Crippen LogP contribution >= 0.6 is 11.6 Å². The molecule has 1 aromatic heterocycles. The van der Waals surface area contributed by atoms with Gasteiger partial charge in [-0.15, -0.1) is 11.6 Å². The summed E-state index contributed by atoms with van der Waals surface area (Å²) >= 11 is 6.41. The Labute approximate surface area is 104 Å². The van der Waals surface area contributed by atoms with Gasteiger partial charge in [-0.2, -0.15) is 0 Å². The molecule has 17 heavy (non-hydrogen) atoms. The number of hydrogen-bond donors (Lipinski definition) is 1. The number of aromatic amines is 1. The van der Waals surface area contributed by atoms with Crippen LogP contribution in [0.25, 0.3) is 11.0 Å². The first-order chi connectivity index (χ1) is 8.34. The van der Waals surface area contributed by atoms with Crippen molar-refractivity contribution < 1.29 is 0 Å². The molecule has 0 bridgehead atoms. The summed E-state index contributed by atoms with van der Waals surface area (Å²) in [6, 6.07) is 17.9. The summed E-state index contributed by atoms with van der Waals surface area (Å²) in [5.41, 5.74) is 3.02. The summed E-state index contributed by atoms with van der Waals surface area (Å²) in [5.74, 6) is 0.791. The third-order valence-electron chi connectivity index (χ3n) is 2.74. The average molecular weight is 243 g/mol. The minimum Gasteiger partial charge on any atom is -0.340 e. The maximum Gasteiger partial charge on any atom is 0.129 e. The van der Waals surface area contributed by atoms with Gasteiger partial charge in [0.2, 0.25) is 0 Å². The molecule has 0 spiro atoms. The van der Waals surface area contributed by atoms with E-state index in [0.29, 0.717) is 0 Å². The Morgan fingerprint density at radius 3 is 2.41 bits per heavy atom. The fraction of sp³-hybridized carbons (Fsp3) is 0.0714. The van der Waals surface area contributed by atoms with Crippen LogP contribution in [-0.4, -0.2) is 9.97 Å². The summed E-state index contributed by atoms with van der Waals surface area (Å²) in [4.78, 5) is 7.75. The van der Waals surface area contributed by atoms with E-state index < -0.39 is 0 Å². The molecule has 2 aromatic carbocycles. The number of nitrogens with one attached hydrogen (secondary N) is 1. The lowest BCUT2D eigenvalue weighted by Crippen LogP contribution is -1.94. The van der Waals surface area contributed by atoms with Gasteiger partial charge in [-0.25, -0.2) is 4.98 Å². The van der Waals surface area contributed by atoms with Gasteiger partial charge in [0.15, 0.2) is 0 Å². The van der Waals surface area contributed by atoms with E-state index in [4.69, 9.17) is 11.6 Å². The zero-order valence-corrected chi connectivity index (χ0v) is 9.85.